The van der Waals surface area contributed by atoms with Crippen LogP contribution in [0.2, 0.25) is 5.02 Å². The van der Waals surface area contributed by atoms with Crippen LogP contribution in [-0.4, -0.2) is 21.2 Å². The first-order valence-corrected chi connectivity index (χ1v) is 7.56. The smallest absolute Gasteiger partial charge is 0.191 e. The van der Waals surface area contributed by atoms with Crippen LogP contribution < -0.4 is 5.32 Å². The summed E-state index contributed by atoms with van der Waals surface area (Å²) in [5.74, 6) is 0.745. The van der Waals surface area contributed by atoms with Crippen LogP contribution in [0.3, 0.4) is 0 Å². The number of hydrogen-bond donors (Lipinski definition) is 1. The van der Waals surface area contributed by atoms with Crippen LogP contribution in [0.25, 0.3) is 11.0 Å². The van der Waals surface area contributed by atoms with Crippen LogP contribution >= 0.6 is 23.4 Å². The molecule has 0 saturated heterocycles. The summed E-state index contributed by atoms with van der Waals surface area (Å²) in [5, 5.41) is 5.57. The Bertz CT molecular complexity index is 746. The lowest BCUT2D eigenvalue weighted by Gasteiger charge is -2.09. The van der Waals surface area contributed by atoms with E-state index in [0.717, 1.165) is 16.9 Å². The lowest BCUT2D eigenvalue weighted by molar-refractivity contribution is 0.996. The molecule has 0 fully saturated rings. The molecule has 0 unspecified atom stereocenters. The largest absolute Gasteiger partial charge is 0.340 e. The fourth-order valence-electron chi connectivity index (χ4n) is 1.80. The molecule has 0 atom stereocenters. The minimum Gasteiger partial charge on any atom is -0.340 e. The summed E-state index contributed by atoms with van der Waals surface area (Å²) in [6.45, 7) is 0. The molecule has 0 bridgehead atoms. The van der Waals surface area contributed by atoms with Crippen LogP contribution in [0, 0.1) is 0 Å². The lowest BCUT2D eigenvalue weighted by Crippen LogP contribution is -1.99. The molecule has 2 heterocycles. The topological polar surface area (TPSA) is 50.7 Å². The standard InChI is InChI=1S/C14H11ClN4S/c1-20-14-18-12-11(3-2-8-16-12)13(19-14)17-10-6-4-9(15)5-7-10/h2-8H,1H3,(H,16,17,18,19). The number of anilines is 2. The highest BCUT2D eigenvalue weighted by Gasteiger charge is 2.08. The molecular formula is C14H11ClN4S. The molecule has 1 aromatic carbocycles. The molecule has 0 aliphatic rings. The number of pyridine rings is 1. The highest BCUT2D eigenvalue weighted by Crippen LogP contribution is 2.25. The average Bonchev–Trinajstić information content (AvgIpc) is 2.49. The van der Waals surface area contributed by atoms with Crippen molar-refractivity contribution in [3.8, 4) is 0 Å². The van der Waals surface area contributed by atoms with Crippen LogP contribution in [0.15, 0.2) is 47.8 Å². The summed E-state index contributed by atoms with van der Waals surface area (Å²) >= 11 is 7.38. The molecule has 4 nitrogen and oxygen atoms in total. The van der Waals surface area contributed by atoms with Crippen LogP contribution in [0.5, 0.6) is 0 Å². The molecule has 1 N–H and O–H groups in total. The summed E-state index contributed by atoms with van der Waals surface area (Å²) in [6, 6.07) is 11.3. The number of rotatable bonds is 3. The second kappa shape index (κ2) is 5.64. The molecule has 0 aliphatic carbocycles. The van der Waals surface area contributed by atoms with Crippen molar-refractivity contribution in [2.45, 2.75) is 5.16 Å². The Balaban J connectivity index is 2.07. The highest BCUT2D eigenvalue weighted by molar-refractivity contribution is 7.98. The first-order valence-electron chi connectivity index (χ1n) is 5.95. The van der Waals surface area contributed by atoms with E-state index in [2.05, 4.69) is 20.3 Å². The maximum absolute atomic E-state index is 5.89. The molecule has 3 aromatic rings. The third kappa shape index (κ3) is 2.69. The van der Waals surface area contributed by atoms with Crippen molar-refractivity contribution < 1.29 is 0 Å². The van der Waals surface area contributed by atoms with E-state index >= 15 is 0 Å². The monoisotopic (exact) mass is 302 g/mol. The second-order valence-corrected chi connectivity index (χ2v) is 5.28. The van der Waals surface area contributed by atoms with Gasteiger partial charge in [-0.15, -0.1) is 0 Å². The summed E-state index contributed by atoms with van der Waals surface area (Å²) < 4.78 is 0. The molecule has 3 rings (SSSR count). The van der Waals surface area contributed by atoms with Crippen LogP contribution in [0.4, 0.5) is 11.5 Å². The molecule has 0 radical (unpaired) electrons. The lowest BCUT2D eigenvalue weighted by atomic mass is 10.3. The molecule has 20 heavy (non-hydrogen) atoms. The Morgan fingerprint density at radius 1 is 1.10 bits per heavy atom. The predicted octanol–water partition coefficient (Wildman–Crippen LogP) is 4.14. The number of fused-ring (bicyclic) bond motifs is 1. The van der Waals surface area contributed by atoms with E-state index in [1.54, 1.807) is 6.20 Å². The maximum Gasteiger partial charge on any atom is 0.191 e. The zero-order valence-electron chi connectivity index (χ0n) is 10.7. The Labute approximate surface area is 125 Å². The normalized spacial score (nSPS) is 10.7. The van der Waals surface area contributed by atoms with Gasteiger partial charge in [0.25, 0.3) is 0 Å². The van der Waals surface area contributed by atoms with Gasteiger partial charge in [0, 0.05) is 16.9 Å². The van der Waals surface area contributed by atoms with Crippen molar-refractivity contribution >= 4 is 45.9 Å². The van der Waals surface area contributed by atoms with Gasteiger partial charge < -0.3 is 5.32 Å². The van der Waals surface area contributed by atoms with E-state index in [9.17, 15) is 0 Å². The first kappa shape index (κ1) is 13.1. The van der Waals surface area contributed by atoms with Crippen LogP contribution in [0.1, 0.15) is 0 Å². The zero-order chi connectivity index (χ0) is 13.9. The zero-order valence-corrected chi connectivity index (χ0v) is 12.2. The third-order valence-corrected chi connectivity index (χ3v) is 3.54. The van der Waals surface area contributed by atoms with E-state index in [4.69, 9.17) is 11.6 Å². The Morgan fingerprint density at radius 2 is 1.90 bits per heavy atom. The number of hydrogen-bond acceptors (Lipinski definition) is 5. The van der Waals surface area contributed by atoms with Gasteiger partial charge in [0.15, 0.2) is 10.8 Å². The van der Waals surface area contributed by atoms with Gasteiger partial charge in [-0.2, -0.15) is 0 Å². The maximum atomic E-state index is 5.89. The average molecular weight is 303 g/mol. The predicted molar refractivity (Wildman–Crippen MR) is 83.8 cm³/mol. The van der Waals surface area contributed by atoms with Gasteiger partial charge in [-0.05, 0) is 42.7 Å². The number of thioether (sulfide) groups is 1. The third-order valence-electron chi connectivity index (χ3n) is 2.74. The number of nitrogens with zero attached hydrogens (tertiary/aromatic N) is 3. The molecule has 0 amide bonds. The molecule has 100 valence electrons. The quantitative estimate of drug-likeness (QED) is 0.582. The van der Waals surface area contributed by atoms with E-state index in [-0.39, 0.29) is 0 Å². The van der Waals surface area contributed by atoms with Gasteiger partial charge in [0.05, 0.1) is 5.39 Å². The van der Waals surface area contributed by atoms with Crippen molar-refractivity contribution in [2.24, 2.45) is 0 Å². The Hall–Kier alpha value is -1.85. The molecule has 0 saturated carbocycles. The van der Waals surface area contributed by atoms with Gasteiger partial charge in [-0.25, -0.2) is 15.0 Å². The number of aromatic nitrogens is 3. The van der Waals surface area contributed by atoms with Crippen LogP contribution in [-0.2, 0) is 0 Å². The minimum atomic E-state index is 0.684. The van der Waals surface area contributed by atoms with E-state index in [0.29, 0.717) is 15.8 Å². The van der Waals surface area contributed by atoms with E-state index in [1.165, 1.54) is 11.8 Å². The van der Waals surface area contributed by atoms with Gasteiger partial charge in [-0.1, -0.05) is 23.4 Å². The number of halogens is 1. The fourth-order valence-corrected chi connectivity index (χ4v) is 2.29. The number of nitrogens with one attached hydrogen (secondary N) is 1. The van der Waals surface area contributed by atoms with E-state index in [1.807, 2.05) is 42.7 Å². The molecule has 0 aliphatic heterocycles. The van der Waals surface area contributed by atoms with Gasteiger partial charge in [-0.3, -0.25) is 0 Å². The molecular weight excluding hydrogens is 292 g/mol. The summed E-state index contributed by atoms with van der Waals surface area (Å²) in [5.41, 5.74) is 1.61. The van der Waals surface area contributed by atoms with Crippen molar-refractivity contribution in [1.29, 1.82) is 0 Å². The van der Waals surface area contributed by atoms with E-state index < -0.39 is 0 Å². The summed E-state index contributed by atoms with van der Waals surface area (Å²) in [7, 11) is 0. The fraction of sp³-hybridized carbons (Fsp3) is 0.0714. The Morgan fingerprint density at radius 3 is 2.65 bits per heavy atom. The van der Waals surface area contributed by atoms with Crippen molar-refractivity contribution in [1.82, 2.24) is 15.0 Å². The van der Waals surface area contributed by atoms with Gasteiger partial charge >= 0.3 is 0 Å². The molecule has 0 spiro atoms. The SMILES string of the molecule is CSc1nc(Nc2ccc(Cl)cc2)c2cccnc2n1. The summed E-state index contributed by atoms with van der Waals surface area (Å²) in [4.78, 5) is 13.2. The molecule has 6 heteroatoms. The Kier molecular flexibility index (Phi) is 3.71. The van der Waals surface area contributed by atoms with Gasteiger partial charge in [0.2, 0.25) is 0 Å². The molecule has 2 aromatic heterocycles. The first-order chi connectivity index (χ1) is 9.76. The highest BCUT2D eigenvalue weighted by atomic mass is 35.5. The van der Waals surface area contributed by atoms with Crippen molar-refractivity contribution in [3.63, 3.8) is 0 Å². The number of benzene rings is 1. The van der Waals surface area contributed by atoms with Gasteiger partial charge in [0.1, 0.15) is 5.82 Å². The van der Waals surface area contributed by atoms with Crippen molar-refractivity contribution in [3.05, 3.63) is 47.6 Å². The second-order valence-electron chi connectivity index (χ2n) is 4.07. The summed E-state index contributed by atoms with van der Waals surface area (Å²) in [6.07, 6.45) is 3.67. The minimum absolute atomic E-state index is 0.684. The van der Waals surface area contributed by atoms with Crippen molar-refractivity contribution in [2.75, 3.05) is 11.6 Å².